The van der Waals surface area contributed by atoms with E-state index in [0.717, 1.165) is 11.1 Å². The van der Waals surface area contributed by atoms with Gasteiger partial charge in [-0.25, -0.2) is 0 Å². The molecule has 1 aromatic rings. The topological polar surface area (TPSA) is 46.2 Å². The number of benzene rings is 1. The van der Waals surface area contributed by atoms with Crippen LogP contribution in [0.1, 0.15) is 32.8 Å². The molecule has 0 heterocycles. The minimum atomic E-state index is -0.191. The van der Waals surface area contributed by atoms with Crippen LogP contribution in [0.3, 0.4) is 0 Å². The first-order chi connectivity index (χ1) is 10.4. The molecular formula is C19H21NO2. The lowest BCUT2D eigenvalue weighted by Crippen LogP contribution is -2.23. The summed E-state index contributed by atoms with van der Waals surface area (Å²) in [5, 5.41) is 2.85. The summed E-state index contributed by atoms with van der Waals surface area (Å²) in [6, 6.07) is 9.67. The first-order valence-electron chi connectivity index (χ1n) is 7.69. The summed E-state index contributed by atoms with van der Waals surface area (Å²) in [6.45, 7) is 6.22. The van der Waals surface area contributed by atoms with Crippen LogP contribution in [0, 0.1) is 17.3 Å². The van der Waals surface area contributed by atoms with Gasteiger partial charge in [-0.3, -0.25) is 9.59 Å². The number of rotatable bonds is 3. The first-order valence-corrected chi connectivity index (χ1v) is 7.69. The van der Waals surface area contributed by atoms with E-state index in [1.165, 1.54) is 6.08 Å². The van der Waals surface area contributed by atoms with Gasteiger partial charge in [-0.15, -0.1) is 0 Å². The van der Waals surface area contributed by atoms with E-state index in [1.807, 2.05) is 37.3 Å². The monoisotopic (exact) mass is 295 g/mol. The number of nitrogens with one attached hydrogen (secondary N) is 1. The Morgan fingerprint density at radius 1 is 1.27 bits per heavy atom. The molecule has 3 rings (SSSR count). The SMILES string of the molecule is C/C(NC(=O)/C=C/c1ccccc1)=C1\C(=O)C[C@H]2[C@@H]1C2(C)C. The molecular weight excluding hydrogens is 274 g/mol. The number of hydrogen-bond donors (Lipinski definition) is 1. The van der Waals surface area contributed by atoms with Crippen molar-refractivity contribution in [1.29, 1.82) is 0 Å². The maximum atomic E-state index is 12.1. The van der Waals surface area contributed by atoms with Crippen LogP contribution in [-0.4, -0.2) is 11.7 Å². The van der Waals surface area contributed by atoms with Gasteiger partial charge in [0, 0.05) is 23.8 Å². The molecule has 1 amide bonds. The largest absolute Gasteiger partial charge is 0.326 e. The van der Waals surface area contributed by atoms with E-state index in [0.29, 0.717) is 24.0 Å². The number of carbonyl (C=O) groups excluding carboxylic acids is 2. The van der Waals surface area contributed by atoms with Crippen LogP contribution in [0.25, 0.3) is 6.08 Å². The van der Waals surface area contributed by atoms with E-state index in [-0.39, 0.29) is 17.1 Å². The van der Waals surface area contributed by atoms with Gasteiger partial charge in [-0.2, -0.15) is 0 Å². The Hall–Kier alpha value is -2.16. The van der Waals surface area contributed by atoms with Gasteiger partial charge in [0.15, 0.2) is 5.78 Å². The van der Waals surface area contributed by atoms with E-state index >= 15 is 0 Å². The third kappa shape index (κ3) is 2.52. The van der Waals surface area contributed by atoms with Crippen molar-refractivity contribution in [1.82, 2.24) is 5.32 Å². The predicted molar refractivity (Wildman–Crippen MR) is 86.7 cm³/mol. The van der Waals surface area contributed by atoms with E-state index in [9.17, 15) is 9.59 Å². The number of fused-ring (bicyclic) bond motifs is 1. The predicted octanol–water partition coefficient (Wildman–Crippen LogP) is 3.34. The molecule has 3 heteroatoms. The fourth-order valence-electron chi connectivity index (χ4n) is 3.65. The van der Waals surface area contributed by atoms with Crippen LogP contribution < -0.4 is 5.32 Å². The summed E-state index contributed by atoms with van der Waals surface area (Å²) in [6.07, 6.45) is 3.90. The number of allylic oxidation sites excluding steroid dienone is 2. The van der Waals surface area contributed by atoms with Crippen molar-refractivity contribution < 1.29 is 9.59 Å². The third-order valence-electron chi connectivity index (χ3n) is 5.01. The second-order valence-electron chi connectivity index (χ2n) is 6.80. The number of hydrogen-bond acceptors (Lipinski definition) is 2. The van der Waals surface area contributed by atoms with Crippen molar-refractivity contribution in [3.8, 4) is 0 Å². The quantitative estimate of drug-likeness (QED) is 0.869. The van der Waals surface area contributed by atoms with Gasteiger partial charge in [0.1, 0.15) is 0 Å². The molecule has 0 aromatic heterocycles. The third-order valence-corrected chi connectivity index (χ3v) is 5.01. The Morgan fingerprint density at radius 2 is 1.95 bits per heavy atom. The van der Waals surface area contributed by atoms with Crippen LogP contribution in [0.15, 0.2) is 47.7 Å². The Kier molecular flexibility index (Phi) is 3.51. The highest BCUT2D eigenvalue weighted by Gasteiger charge is 2.65. The zero-order chi connectivity index (χ0) is 15.9. The zero-order valence-electron chi connectivity index (χ0n) is 13.2. The molecule has 0 spiro atoms. The lowest BCUT2D eigenvalue weighted by Gasteiger charge is -2.13. The van der Waals surface area contributed by atoms with Crippen molar-refractivity contribution >= 4 is 17.8 Å². The van der Waals surface area contributed by atoms with E-state index in [2.05, 4.69) is 19.2 Å². The molecule has 2 fully saturated rings. The molecule has 2 saturated carbocycles. The molecule has 0 aliphatic heterocycles. The van der Waals surface area contributed by atoms with Gasteiger partial charge in [0.2, 0.25) is 5.91 Å². The lowest BCUT2D eigenvalue weighted by atomic mass is 9.95. The van der Waals surface area contributed by atoms with Crippen LogP contribution in [0.5, 0.6) is 0 Å². The fourth-order valence-corrected chi connectivity index (χ4v) is 3.65. The maximum absolute atomic E-state index is 12.1. The van der Waals surface area contributed by atoms with E-state index in [4.69, 9.17) is 0 Å². The summed E-state index contributed by atoms with van der Waals surface area (Å²) in [5.41, 5.74) is 2.72. The molecule has 3 nitrogen and oxygen atoms in total. The molecule has 1 N–H and O–H groups in total. The highest BCUT2D eigenvalue weighted by atomic mass is 16.1. The normalized spacial score (nSPS) is 27.7. The summed E-state index contributed by atoms with van der Waals surface area (Å²) in [7, 11) is 0. The zero-order valence-corrected chi connectivity index (χ0v) is 13.2. The van der Waals surface area contributed by atoms with Crippen molar-refractivity contribution in [2.75, 3.05) is 0 Å². The van der Waals surface area contributed by atoms with E-state index in [1.54, 1.807) is 6.08 Å². The van der Waals surface area contributed by atoms with Crippen molar-refractivity contribution in [3.05, 3.63) is 53.2 Å². The highest BCUT2D eigenvalue weighted by Crippen LogP contribution is 2.68. The molecule has 22 heavy (non-hydrogen) atoms. The first kappa shape index (κ1) is 14.8. The summed E-state index contributed by atoms with van der Waals surface area (Å²) in [5.74, 6) is 0.780. The number of carbonyl (C=O) groups is 2. The Labute approximate surface area is 131 Å². The molecule has 0 saturated heterocycles. The average molecular weight is 295 g/mol. The second kappa shape index (κ2) is 5.24. The molecule has 2 atom stereocenters. The summed E-state index contributed by atoms with van der Waals surface area (Å²) < 4.78 is 0. The minimum absolute atomic E-state index is 0.191. The van der Waals surface area contributed by atoms with Crippen molar-refractivity contribution in [2.24, 2.45) is 17.3 Å². The molecule has 0 radical (unpaired) electrons. The Bertz CT molecular complexity index is 683. The van der Waals surface area contributed by atoms with Gasteiger partial charge in [0.05, 0.1) is 0 Å². The number of amides is 1. The van der Waals surface area contributed by atoms with Gasteiger partial charge in [-0.05, 0) is 35.8 Å². The van der Waals surface area contributed by atoms with Gasteiger partial charge < -0.3 is 5.32 Å². The minimum Gasteiger partial charge on any atom is -0.326 e. The summed E-state index contributed by atoms with van der Waals surface area (Å²) in [4.78, 5) is 24.1. The molecule has 114 valence electrons. The molecule has 2 aliphatic carbocycles. The highest BCUT2D eigenvalue weighted by molar-refractivity contribution is 6.02. The molecule has 1 aromatic carbocycles. The van der Waals surface area contributed by atoms with E-state index < -0.39 is 0 Å². The molecule has 0 bridgehead atoms. The second-order valence-corrected chi connectivity index (χ2v) is 6.80. The standard InChI is InChI=1S/C19H21NO2/c1-12(17-15(21)11-14-18(17)19(14,2)3)20-16(22)10-9-13-7-5-4-6-8-13/h4-10,14,18H,11H2,1-3H3,(H,20,22)/b10-9+,17-12-/t14-,18-/m0/s1. The van der Waals surface area contributed by atoms with Gasteiger partial charge >= 0.3 is 0 Å². The van der Waals surface area contributed by atoms with Crippen LogP contribution in [0.4, 0.5) is 0 Å². The smallest absolute Gasteiger partial charge is 0.248 e. The van der Waals surface area contributed by atoms with Gasteiger partial charge in [0.25, 0.3) is 0 Å². The molecule has 2 aliphatic rings. The Morgan fingerprint density at radius 3 is 2.59 bits per heavy atom. The average Bonchev–Trinajstić information content (AvgIpc) is 2.84. The summed E-state index contributed by atoms with van der Waals surface area (Å²) >= 11 is 0. The number of ketones is 1. The van der Waals surface area contributed by atoms with Crippen LogP contribution >= 0.6 is 0 Å². The van der Waals surface area contributed by atoms with Crippen LogP contribution in [0.2, 0.25) is 0 Å². The van der Waals surface area contributed by atoms with Crippen molar-refractivity contribution in [2.45, 2.75) is 27.2 Å². The number of Topliss-reactive ketones (excluding diaryl/α,β-unsaturated/α-hetero) is 1. The van der Waals surface area contributed by atoms with Crippen molar-refractivity contribution in [3.63, 3.8) is 0 Å². The van der Waals surface area contributed by atoms with Crippen LogP contribution in [-0.2, 0) is 9.59 Å². The van der Waals surface area contributed by atoms with Gasteiger partial charge in [-0.1, -0.05) is 44.2 Å². The fraction of sp³-hybridized carbons (Fsp3) is 0.368. The Balaban J connectivity index is 1.70. The molecule has 0 unspecified atom stereocenters. The maximum Gasteiger partial charge on any atom is 0.248 e. The lowest BCUT2D eigenvalue weighted by molar-refractivity contribution is -0.115.